The van der Waals surface area contributed by atoms with E-state index in [0.29, 0.717) is 21.5 Å². The van der Waals surface area contributed by atoms with Crippen molar-refractivity contribution in [1.29, 1.82) is 0 Å². The highest BCUT2D eigenvalue weighted by atomic mass is 79.9. The number of amides is 1. The standard InChI is InChI=1S/C16H16BrNO3/c1-9-6-13(14(19)7-10(9)2)18-16(20)11-4-5-15(21-3)12(17)8-11/h4-8,19H,1-3H3,(H,18,20). The Morgan fingerprint density at radius 3 is 2.48 bits per heavy atom. The molecule has 0 aliphatic heterocycles. The molecule has 0 bridgehead atoms. The van der Waals surface area contributed by atoms with Gasteiger partial charge in [0.25, 0.3) is 5.91 Å². The number of phenols is 1. The maximum absolute atomic E-state index is 12.2. The lowest BCUT2D eigenvalue weighted by Gasteiger charge is -2.11. The molecular formula is C16H16BrNO3. The zero-order valence-corrected chi connectivity index (χ0v) is 13.6. The number of halogens is 1. The molecule has 0 atom stereocenters. The zero-order chi connectivity index (χ0) is 15.6. The molecule has 2 N–H and O–H groups in total. The molecule has 1 amide bonds. The molecule has 2 aromatic carbocycles. The van der Waals surface area contributed by atoms with Gasteiger partial charge < -0.3 is 15.2 Å². The predicted molar refractivity (Wildman–Crippen MR) is 86.2 cm³/mol. The Labute approximate surface area is 131 Å². The lowest BCUT2D eigenvalue weighted by atomic mass is 10.1. The first kappa shape index (κ1) is 15.4. The first-order chi connectivity index (χ1) is 9.92. The normalized spacial score (nSPS) is 10.3. The maximum atomic E-state index is 12.2. The van der Waals surface area contributed by atoms with E-state index in [0.717, 1.165) is 11.1 Å². The second-order valence-electron chi connectivity index (χ2n) is 4.76. The van der Waals surface area contributed by atoms with Crippen LogP contribution in [0.5, 0.6) is 11.5 Å². The second kappa shape index (κ2) is 6.18. The fourth-order valence-electron chi connectivity index (χ4n) is 1.90. The van der Waals surface area contributed by atoms with Gasteiger partial charge in [-0.05, 0) is 71.2 Å². The number of phenolic OH excluding ortho intramolecular Hbond substituents is 1. The van der Waals surface area contributed by atoms with Crippen LogP contribution in [0.1, 0.15) is 21.5 Å². The van der Waals surface area contributed by atoms with Crippen LogP contribution in [0.25, 0.3) is 0 Å². The third-order valence-corrected chi connectivity index (χ3v) is 3.89. The molecule has 0 fully saturated rings. The number of hydrogen-bond donors (Lipinski definition) is 2. The first-order valence-corrected chi connectivity index (χ1v) is 7.16. The van der Waals surface area contributed by atoms with Crippen molar-refractivity contribution < 1.29 is 14.6 Å². The molecule has 2 aromatic rings. The van der Waals surface area contributed by atoms with E-state index in [9.17, 15) is 9.90 Å². The molecule has 0 saturated carbocycles. The van der Waals surface area contributed by atoms with Crippen molar-refractivity contribution >= 4 is 27.5 Å². The second-order valence-corrected chi connectivity index (χ2v) is 5.61. The van der Waals surface area contributed by atoms with Gasteiger partial charge in [-0.2, -0.15) is 0 Å². The van der Waals surface area contributed by atoms with Crippen LogP contribution in [-0.4, -0.2) is 18.1 Å². The van der Waals surface area contributed by atoms with Gasteiger partial charge in [0.15, 0.2) is 0 Å². The minimum atomic E-state index is -0.295. The molecule has 2 rings (SSSR count). The van der Waals surface area contributed by atoms with E-state index in [1.165, 1.54) is 0 Å². The largest absolute Gasteiger partial charge is 0.506 e. The van der Waals surface area contributed by atoms with Gasteiger partial charge in [-0.1, -0.05) is 0 Å². The number of benzene rings is 2. The average molecular weight is 350 g/mol. The van der Waals surface area contributed by atoms with Crippen LogP contribution in [0, 0.1) is 13.8 Å². The average Bonchev–Trinajstić information content (AvgIpc) is 2.44. The van der Waals surface area contributed by atoms with Crippen molar-refractivity contribution in [2.75, 3.05) is 12.4 Å². The summed E-state index contributed by atoms with van der Waals surface area (Å²) >= 11 is 3.34. The summed E-state index contributed by atoms with van der Waals surface area (Å²) in [5.74, 6) is 0.413. The number of anilines is 1. The molecule has 21 heavy (non-hydrogen) atoms. The van der Waals surface area contributed by atoms with Crippen LogP contribution in [0.3, 0.4) is 0 Å². The summed E-state index contributed by atoms with van der Waals surface area (Å²) in [6.07, 6.45) is 0. The monoisotopic (exact) mass is 349 g/mol. The molecule has 4 nitrogen and oxygen atoms in total. The number of aromatic hydroxyl groups is 1. The Kier molecular flexibility index (Phi) is 4.53. The SMILES string of the molecule is COc1ccc(C(=O)Nc2cc(C)c(C)cc2O)cc1Br. The van der Waals surface area contributed by atoms with Gasteiger partial charge >= 0.3 is 0 Å². The van der Waals surface area contributed by atoms with Crippen LogP contribution in [0.4, 0.5) is 5.69 Å². The van der Waals surface area contributed by atoms with Crippen molar-refractivity contribution in [1.82, 2.24) is 0 Å². The molecule has 110 valence electrons. The molecule has 0 aliphatic carbocycles. The molecule has 0 spiro atoms. The van der Waals surface area contributed by atoms with Gasteiger partial charge in [-0.25, -0.2) is 0 Å². The van der Waals surface area contributed by atoms with Gasteiger partial charge in [0, 0.05) is 5.56 Å². The number of nitrogens with one attached hydrogen (secondary N) is 1. The molecule has 0 radical (unpaired) electrons. The topological polar surface area (TPSA) is 58.6 Å². The Balaban J connectivity index is 2.26. The van der Waals surface area contributed by atoms with Gasteiger partial charge in [0.2, 0.25) is 0 Å². The number of methoxy groups -OCH3 is 1. The summed E-state index contributed by atoms with van der Waals surface area (Å²) < 4.78 is 5.82. The zero-order valence-electron chi connectivity index (χ0n) is 12.0. The van der Waals surface area contributed by atoms with E-state index in [1.807, 2.05) is 13.8 Å². The van der Waals surface area contributed by atoms with Crippen LogP contribution in [0.15, 0.2) is 34.8 Å². The van der Waals surface area contributed by atoms with Crippen LogP contribution in [0.2, 0.25) is 0 Å². The Morgan fingerprint density at radius 2 is 1.86 bits per heavy atom. The highest BCUT2D eigenvalue weighted by molar-refractivity contribution is 9.10. The number of ether oxygens (including phenoxy) is 1. The van der Waals surface area contributed by atoms with Crippen molar-refractivity contribution in [3.8, 4) is 11.5 Å². The summed E-state index contributed by atoms with van der Waals surface area (Å²) in [5, 5.41) is 12.6. The first-order valence-electron chi connectivity index (χ1n) is 6.37. The lowest BCUT2D eigenvalue weighted by Crippen LogP contribution is -2.12. The molecule has 5 heteroatoms. The predicted octanol–water partition coefficient (Wildman–Crippen LogP) is 4.03. The molecule has 0 aliphatic rings. The van der Waals surface area contributed by atoms with Gasteiger partial charge in [-0.15, -0.1) is 0 Å². The van der Waals surface area contributed by atoms with Crippen LogP contribution < -0.4 is 10.1 Å². The third-order valence-electron chi connectivity index (χ3n) is 3.27. The Bertz CT molecular complexity index is 698. The van der Waals surface area contributed by atoms with Crippen molar-refractivity contribution in [3.63, 3.8) is 0 Å². The molecule has 0 aromatic heterocycles. The maximum Gasteiger partial charge on any atom is 0.255 e. The van der Waals surface area contributed by atoms with E-state index in [-0.39, 0.29) is 11.7 Å². The molecule has 0 saturated heterocycles. The number of rotatable bonds is 3. The number of hydrogen-bond acceptors (Lipinski definition) is 3. The van der Waals surface area contributed by atoms with Crippen LogP contribution >= 0.6 is 15.9 Å². The lowest BCUT2D eigenvalue weighted by molar-refractivity contribution is 0.102. The fraction of sp³-hybridized carbons (Fsp3) is 0.188. The quantitative estimate of drug-likeness (QED) is 0.822. The van der Waals surface area contributed by atoms with Gasteiger partial charge in [-0.3, -0.25) is 4.79 Å². The summed E-state index contributed by atoms with van der Waals surface area (Å²) in [6.45, 7) is 3.83. The van der Waals surface area contributed by atoms with E-state index < -0.39 is 0 Å². The molecule has 0 unspecified atom stereocenters. The highest BCUT2D eigenvalue weighted by Gasteiger charge is 2.12. The van der Waals surface area contributed by atoms with E-state index in [4.69, 9.17) is 4.74 Å². The minimum absolute atomic E-state index is 0.0547. The fourth-order valence-corrected chi connectivity index (χ4v) is 2.44. The summed E-state index contributed by atoms with van der Waals surface area (Å²) in [7, 11) is 1.56. The summed E-state index contributed by atoms with van der Waals surface area (Å²) in [6, 6.07) is 8.43. The van der Waals surface area contributed by atoms with E-state index in [1.54, 1.807) is 37.4 Å². The Morgan fingerprint density at radius 1 is 1.19 bits per heavy atom. The highest BCUT2D eigenvalue weighted by Crippen LogP contribution is 2.29. The van der Waals surface area contributed by atoms with Gasteiger partial charge in [0.1, 0.15) is 11.5 Å². The van der Waals surface area contributed by atoms with E-state index >= 15 is 0 Å². The van der Waals surface area contributed by atoms with E-state index in [2.05, 4.69) is 21.2 Å². The number of carbonyl (C=O) groups excluding carboxylic acids is 1. The summed E-state index contributed by atoms with van der Waals surface area (Å²) in [4.78, 5) is 12.2. The van der Waals surface area contributed by atoms with Gasteiger partial charge in [0.05, 0.1) is 17.3 Å². The third kappa shape index (κ3) is 3.36. The van der Waals surface area contributed by atoms with Crippen molar-refractivity contribution in [3.05, 3.63) is 51.5 Å². The smallest absolute Gasteiger partial charge is 0.255 e. The molecular weight excluding hydrogens is 334 g/mol. The van der Waals surface area contributed by atoms with Crippen LogP contribution in [-0.2, 0) is 0 Å². The number of carbonyl (C=O) groups is 1. The minimum Gasteiger partial charge on any atom is -0.506 e. The number of aryl methyl sites for hydroxylation is 2. The molecule has 0 heterocycles. The van der Waals surface area contributed by atoms with Crippen molar-refractivity contribution in [2.24, 2.45) is 0 Å². The van der Waals surface area contributed by atoms with Crippen molar-refractivity contribution in [2.45, 2.75) is 13.8 Å². The summed E-state index contributed by atoms with van der Waals surface area (Å²) in [5.41, 5.74) is 2.84. The Hall–Kier alpha value is -2.01.